The summed E-state index contributed by atoms with van der Waals surface area (Å²) in [6, 6.07) is 10.7. The molecule has 108 valence electrons. The molecule has 1 aliphatic heterocycles. The summed E-state index contributed by atoms with van der Waals surface area (Å²) in [5.74, 6) is 1.14. The second-order valence-electron chi connectivity index (χ2n) is 6.32. The fourth-order valence-electron chi connectivity index (χ4n) is 3.39. The van der Waals surface area contributed by atoms with E-state index in [0.717, 1.165) is 25.8 Å². The van der Waals surface area contributed by atoms with Gasteiger partial charge in [0.05, 0.1) is 0 Å². The summed E-state index contributed by atoms with van der Waals surface area (Å²) in [4.78, 5) is 14.7. The van der Waals surface area contributed by atoms with E-state index in [0.29, 0.717) is 17.9 Å². The summed E-state index contributed by atoms with van der Waals surface area (Å²) in [6.45, 7) is 3.06. The number of nitrogens with zero attached hydrogens (tertiary/aromatic N) is 1. The van der Waals surface area contributed by atoms with Crippen molar-refractivity contribution in [2.45, 2.75) is 38.1 Å². The van der Waals surface area contributed by atoms with Gasteiger partial charge in [-0.05, 0) is 43.6 Å². The van der Waals surface area contributed by atoms with Gasteiger partial charge in [-0.2, -0.15) is 0 Å². The normalized spacial score (nSPS) is 33.0. The monoisotopic (exact) mass is 273 g/mol. The molecule has 1 saturated heterocycles. The van der Waals surface area contributed by atoms with Gasteiger partial charge in [-0.1, -0.05) is 30.3 Å². The molecule has 1 aromatic rings. The van der Waals surface area contributed by atoms with Crippen LogP contribution in [0.25, 0.3) is 0 Å². The quantitative estimate of drug-likeness (QED) is 0.918. The molecule has 3 nitrogen and oxygen atoms in total. The van der Waals surface area contributed by atoms with Crippen LogP contribution in [0.4, 0.5) is 0 Å². The van der Waals surface area contributed by atoms with Gasteiger partial charge >= 0.3 is 0 Å². The van der Waals surface area contributed by atoms with Gasteiger partial charge in [0.2, 0.25) is 5.91 Å². The van der Waals surface area contributed by atoms with Crippen molar-refractivity contribution >= 4 is 5.91 Å². The lowest BCUT2D eigenvalue weighted by Crippen LogP contribution is -2.47. The van der Waals surface area contributed by atoms with Crippen molar-refractivity contribution in [3.63, 3.8) is 0 Å². The number of hydrogen-bond donors (Lipinski definition) is 1. The zero-order valence-electron chi connectivity index (χ0n) is 12.0. The van der Waals surface area contributed by atoms with Gasteiger partial charge in [0.1, 0.15) is 0 Å². The smallest absolute Gasteiger partial charge is 0.226 e. The van der Waals surface area contributed by atoms with E-state index in [-0.39, 0.29) is 18.4 Å². The first kappa shape index (κ1) is 13.6. The van der Waals surface area contributed by atoms with Crippen molar-refractivity contribution in [2.75, 3.05) is 13.2 Å². The molecule has 2 fully saturated rings. The summed E-state index contributed by atoms with van der Waals surface area (Å²) in [7, 11) is 0. The summed E-state index contributed by atoms with van der Waals surface area (Å²) in [5, 5.41) is 9.32. The highest BCUT2D eigenvalue weighted by atomic mass is 16.3. The van der Waals surface area contributed by atoms with Gasteiger partial charge in [0.25, 0.3) is 0 Å². The number of carbonyl (C=O) groups excluding carboxylic acids is 1. The molecular formula is C17H23NO2. The molecule has 0 bridgehead atoms. The maximum atomic E-state index is 12.7. The molecule has 2 aliphatic rings. The number of hydrogen-bond acceptors (Lipinski definition) is 2. The molecule has 0 radical (unpaired) electrons. The van der Waals surface area contributed by atoms with Crippen LogP contribution in [0, 0.1) is 11.8 Å². The number of benzene rings is 1. The minimum Gasteiger partial charge on any atom is -0.396 e. The van der Waals surface area contributed by atoms with Gasteiger partial charge in [-0.25, -0.2) is 0 Å². The molecule has 20 heavy (non-hydrogen) atoms. The van der Waals surface area contributed by atoms with Gasteiger partial charge in [0, 0.05) is 25.1 Å². The molecule has 1 aliphatic carbocycles. The minimum atomic E-state index is 0.164. The fourth-order valence-corrected chi connectivity index (χ4v) is 3.39. The molecule has 1 heterocycles. The Hall–Kier alpha value is -1.35. The van der Waals surface area contributed by atoms with Gasteiger partial charge in [0.15, 0.2) is 0 Å². The second-order valence-corrected chi connectivity index (χ2v) is 6.32. The van der Waals surface area contributed by atoms with Gasteiger partial charge in [-0.15, -0.1) is 0 Å². The predicted octanol–water partition coefficient (Wildman–Crippen LogP) is 2.41. The Balaban J connectivity index is 1.65. The van der Waals surface area contributed by atoms with Gasteiger partial charge in [-0.3, -0.25) is 4.79 Å². The molecule has 0 spiro atoms. The molecule has 1 amide bonds. The van der Waals surface area contributed by atoms with E-state index in [4.69, 9.17) is 0 Å². The Morgan fingerprint density at radius 3 is 2.75 bits per heavy atom. The van der Waals surface area contributed by atoms with E-state index in [1.54, 1.807) is 0 Å². The SMILES string of the molecule is CC1CCC(CO)CN1C(=O)C1CC1c1ccccc1. The van der Waals surface area contributed by atoms with E-state index in [1.165, 1.54) is 5.56 Å². The fraction of sp³-hybridized carbons (Fsp3) is 0.588. The number of rotatable bonds is 3. The maximum absolute atomic E-state index is 12.7. The van der Waals surface area contributed by atoms with Crippen LogP contribution < -0.4 is 0 Å². The largest absolute Gasteiger partial charge is 0.396 e. The number of likely N-dealkylation sites (tertiary alicyclic amines) is 1. The summed E-state index contributed by atoms with van der Waals surface area (Å²) < 4.78 is 0. The van der Waals surface area contributed by atoms with Crippen LogP contribution in [0.5, 0.6) is 0 Å². The lowest BCUT2D eigenvalue weighted by Gasteiger charge is -2.37. The Kier molecular flexibility index (Phi) is 3.79. The molecule has 4 unspecified atom stereocenters. The van der Waals surface area contributed by atoms with Crippen molar-refractivity contribution in [3.8, 4) is 0 Å². The van der Waals surface area contributed by atoms with E-state index in [9.17, 15) is 9.90 Å². The van der Waals surface area contributed by atoms with Crippen LogP contribution in [0.3, 0.4) is 0 Å². The van der Waals surface area contributed by atoms with Crippen molar-refractivity contribution in [1.82, 2.24) is 4.90 Å². The molecule has 1 aromatic carbocycles. The van der Waals surface area contributed by atoms with Crippen LogP contribution >= 0.6 is 0 Å². The van der Waals surface area contributed by atoms with E-state index in [2.05, 4.69) is 19.1 Å². The second kappa shape index (κ2) is 5.57. The van der Waals surface area contributed by atoms with E-state index < -0.39 is 0 Å². The van der Waals surface area contributed by atoms with Gasteiger partial charge < -0.3 is 10.0 Å². The molecule has 0 aromatic heterocycles. The number of piperidine rings is 1. The van der Waals surface area contributed by atoms with Crippen molar-refractivity contribution in [3.05, 3.63) is 35.9 Å². The van der Waals surface area contributed by atoms with Crippen molar-refractivity contribution in [2.24, 2.45) is 11.8 Å². The predicted molar refractivity (Wildman–Crippen MR) is 78.3 cm³/mol. The number of aliphatic hydroxyl groups is 1. The van der Waals surface area contributed by atoms with Crippen LogP contribution in [0.2, 0.25) is 0 Å². The highest BCUT2D eigenvalue weighted by Gasteiger charge is 2.47. The minimum absolute atomic E-state index is 0.164. The summed E-state index contributed by atoms with van der Waals surface area (Å²) in [5.41, 5.74) is 1.29. The molecule has 1 N–H and O–H groups in total. The third-order valence-electron chi connectivity index (χ3n) is 4.86. The third kappa shape index (κ3) is 2.59. The van der Waals surface area contributed by atoms with Crippen LogP contribution in [0.1, 0.15) is 37.7 Å². The zero-order valence-corrected chi connectivity index (χ0v) is 12.0. The molecule has 3 heteroatoms. The standard InChI is InChI=1S/C17H23NO2/c1-12-7-8-13(11-19)10-18(12)17(20)16-9-15(16)14-5-3-2-4-6-14/h2-6,12-13,15-16,19H,7-11H2,1H3. The topological polar surface area (TPSA) is 40.5 Å². The Bertz CT molecular complexity index is 473. The number of aliphatic hydroxyl groups excluding tert-OH is 1. The highest BCUT2D eigenvalue weighted by molar-refractivity contribution is 5.83. The van der Waals surface area contributed by atoms with Crippen molar-refractivity contribution in [1.29, 1.82) is 0 Å². The maximum Gasteiger partial charge on any atom is 0.226 e. The Morgan fingerprint density at radius 1 is 1.30 bits per heavy atom. The zero-order chi connectivity index (χ0) is 14.1. The van der Waals surface area contributed by atoms with Crippen LogP contribution in [-0.2, 0) is 4.79 Å². The van der Waals surface area contributed by atoms with Crippen LogP contribution in [0.15, 0.2) is 30.3 Å². The van der Waals surface area contributed by atoms with E-state index >= 15 is 0 Å². The highest BCUT2D eigenvalue weighted by Crippen LogP contribution is 2.49. The average molecular weight is 273 g/mol. The summed E-state index contributed by atoms with van der Waals surface area (Å²) >= 11 is 0. The Morgan fingerprint density at radius 2 is 2.05 bits per heavy atom. The third-order valence-corrected chi connectivity index (χ3v) is 4.86. The average Bonchev–Trinajstić information content (AvgIpc) is 3.28. The summed E-state index contributed by atoms with van der Waals surface area (Å²) in [6.07, 6.45) is 3.03. The lowest BCUT2D eigenvalue weighted by atomic mass is 9.93. The van der Waals surface area contributed by atoms with Crippen molar-refractivity contribution < 1.29 is 9.90 Å². The van der Waals surface area contributed by atoms with E-state index in [1.807, 2.05) is 23.1 Å². The number of carbonyl (C=O) groups is 1. The molecular weight excluding hydrogens is 250 g/mol. The molecule has 1 saturated carbocycles. The molecule has 3 rings (SSSR count). The van der Waals surface area contributed by atoms with Crippen LogP contribution in [-0.4, -0.2) is 35.1 Å². The first-order valence-electron chi connectivity index (χ1n) is 7.67. The first-order chi connectivity index (χ1) is 9.70. The lowest BCUT2D eigenvalue weighted by molar-refractivity contribution is -0.137. The number of amides is 1. The molecule has 4 atom stereocenters. The Labute approximate surface area is 120 Å². The first-order valence-corrected chi connectivity index (χ1v) is 7.67.